The summed E-state index contributed by atoms with van der Waals surface area (Å²) in [6.07, 6.45) is 0. The van der Waals surface area contributed by atoms with Gasteiger partial charge in [0.25, 0.3) is 5.91 Å². The van der Waals surface area contributed by atoms with E-state index in [1.807, 2.05) is 13.8 Å². The summed E-state index contributed by atoms with van der Waals surface area (Å²) in [5.41, 5.74) is 1.19. The molecule has 6 heteroatoms. The highest BCUT2D eigenvalue weighted by molar-refractivity contribution is 6.11. The molecule has 1 N–H and O–H groups in total. The molecule has 1 heterocycles. The molecule has 1 atom stereocenters. The van der Waals surface area contributed by atoms with Gasteiger partial charge in [-0.2, -0.15) is 0 Å². The van der Waals surface area contributed by atoms with E-state index in [2.05, 4.69) is 0 Å². The number of phenols is 1. The maximum absolute atomic E-state index is 13.2. The Kier molecular flexibility index (Phi) is 4.51. The monoisotopic (exact) mass is 366 g/mol. The lowest BCUT2D eigenvalue weighted by Crippen LogP contribution is -2.42. The topological polar surface area (TPSA) is 77.9 Å². The number of hydrogen-bond acceptors (Lipinski definition) is 4. The second-order valence-corrected chi connectivity index (χ2v) is 7.05. The fraction of sp³-hybridized carbons (Fsp3) is 0.286. The third kappa shape index (κ3) is 2.87. The molecule has 0 saturated carbocycles. The SMILES string of the molecule is Cc1cc(O)c(C2(C)C(=O)N(CC(=O)c3ccccc3)C(=O)N2C)cc1C. The van der Waals surface area contributed by atoms with Crippen LogP contribution in [0.15, 0.2) is 42.5 Å². The van der Waals surface area contributed by atoms with E-state index in [4.69, 9.17) is 0 Å². The number of urea groups is 1. The Labute approximate surface area is 158 Å². The largest absolute Gasteiger partial charge is 0.508 e. The van der Waals surface area contributed by atoms with Crippen LogP contribution in [0, 0.1) is 13.8 Å². The molecule has 0 spiro atoms. The van der Waals surface area contributed by atoms with Crippen molar-refractivity contribution >= 4 is 17.7 Å². The second-order valence-electron chi connectivity index (χ2n) is 7.05. The van der Waals surface area contributed by atoms with Crippen LogP contribution in [0.5, 0.6) is 5.75 Å². The van der Waals surface area contributed by atoms with E-state index in [1.54, 1.807) is 49.4 Å². The van der Waals surface area contributed by atoms with Gasteiger partial charge in [0.15, 0.2) is 5.78 Å². The van der Waals surface area contributed by atoms with Crippen molar-refractivity contribution in [2.24, 2.45) is 0 Å². The van der Waals surface area contributed by atoms with Gasteiger partial charge < -0.3 is 10.0 Å². The average Bonchev–Trinajstić information content (AvgIpc) is 2.81. The Morgan fingerprint density at radius 3 is 2.30 bits per heavy atom. The molecule has 0 aliphatic carbocycles. The molecule has 1 saturated heterocycles. The number of hydrogen-bond donors (Lipinski definition) is 1. The number of phenolic OH excluding ortho intramolecular Hbond substituents is 1. The molecule has 1 aliphatic heterocycles. The average molecular weight is 366 g/mol. The van der Waals surface area contributed by atoms with Crippen LogP contribution < -0.4 is 0 Å². The van der Waals surface area contributed by atoms with Gasteiger partial charge in [0.05, 0.1) is 6.54 Å². The van der Waals surface area contributed by atoms with E-state index in [1.165, 1.54) is 11.9 Å². The quantitative estimate of drug-likeness (QED) is 0.666. The van der Waals surface area contributed by atoms with Gasteiger partial charge in [0.2, 0.25) is 0 Å². The molecule has 1 unspecified atom stereocenters. The standard InChI is InChI=1S/C21H22N2O4/c1-13-10-16(17(24)11-14(13)2)21(3)19(26)23(20(27)22(21)4)12-18(25)15-8-6-5-7-9-15/h5-11,24H,12H2,1-4H3. The van der Waals surface area contributed by atoms with E-state index >= 15 is 0 Å². The van der Waals surface area contributed by atoms with Gasteiger partial charge in [0.1, 0.15) is 11.3 Å². The Morgan fingerprint density at radius 2 is 1.67 bits per heavy atom. The molecule has 6 nitrogen and oxygen atoms in total. The first kappa shape index (κ1) is 18.6. The van der Waals surface area contributed by atoms with E-state index in [0.29, 0.717) is 11.1 Å². The van der Waals surface area contributed by atoms with Crippen LogP contribution >= 0.6 is 0 Å². The summed E-state index contributed by atoms with van der Waals surface area (Å²) in [5.74, 6) is -0.901. The van der Waals surface area contributed by atoms with Crippen molar-refractivity contribution in [3.05, 3.63) is 64.7 Å². The number of carbonyl (C=O) groups is 3. The van der Waals surface area contributed by atoms with Crippen molar-refractivity contribution in [1.29, 1.82) is 0 Å². The Morgan fingerprint density at radius 1 is 1.07 bits per heavy atom. The van der Waals surface area contributed by atoms with Gasteiger partial charge >= 0.3 is 6.03 Å². The maximum atomic E-state index is 13.2. The van der Waals surface area contributed by atoms with Crippen LogP contribution in [0.25, 0.3) is 0 Å². The highest BCUT2D eigenvalue weighted by Crippen LogP contribution is 2.41. The van der Waals surface area contributed by atoms with Gasteiger partial charge in [0, 0.05) is 18.2 Å². The zero-order chi connectivity index (χ0) is 19.9. The van der Waals surface area contributed by atoms with Crippen molar-refractivity contribution < 1.29 is 19.5 Å². The van der Waals surface area contributed by atoms with Gasteiger partial charge in [-0.25, -0.2) is 4.79 Å². The highest BCUT2D eigenvalue weighted by Gasteiger charge is 2.55. The molecule has 0 bridgehead atoms. The maximum Gasteiger partial charge on any atom is 0.328 e. The Hall–Kier alpha value is -3.15. The molecule has 1 fully saturated rings. The summed E-state index contributed by atoms with van der Waals surface area (Å²) in [6, 6.07) is 11.3. The normalized spacial score (nSPS) is 19.7. The van der Waals surface area contributed by atoms with E-state index in [-0.39, 0.29) is 18.1 Å². The summed E-state index contributed by atoms with van der Waals surface area (Å²) in [5, 5.41) is 10.4. The second kappa shape index (κ2) is 6.54. The molecule has 2 aromatic rings. The number of rotatable bonds is 4. The number of ketones is 1. The minimum absolute atomic E-state index is 0.0511. The Balaban J connectivity index is 1.98. The number of imide groups is 1. The lowest BCUT2D eigenvalue weighted by molar-refractivity contribution is -0.132. The zero-order valence-corrected chi connectivity index (χ0v) is 15.8. The predicted octanol–water partition coefficient (Wildman–Crippen LogP) is 3.00. The lowest BCUT2D eigenvalue weighted by atomic mass is 9.87. The third-order valence-corrected chi connectivity index (χ3v) is 5.38. The van der Waals surface area contributed by atoms with Crippen molar-refractivity contribution in [3.8, 4) is 5.75 Å². The van der Waals surface area contributed by atoms with E-state index < -0.39 is 17.5 Å². The number of Topliss-reactive ketones (excluding diaryl/α,β-unsaturated/α-hetero) is 1. The van der Waals surface area contributed by atoms with Crippen LogP contribution in [0.2, 0.25) is 0 Å². The van der Waals surface area contributed by atoms with Crippen LogP contribution in [0.1, 0.15) is 34.0 Å². The minimum atomic E-state index is -1.38. The lowest BCUT2D eigenvalue weighted by Gasteiger charge is -2.30. The molecule has 140 valence electrons. The van der Waals surface area contributed by atoms with Crippen LogP contribution in [0.3, 0.4) is 0 Å². The molecular weight excluding hydrogens is 344 g/mol. The van der Waals surface area contributed by atoms with Crippen LogP contribution in [-0.4, -0.2) is 46.2 Å². The number of likely N-dealkylation sites (N-methyl/N-ethyl adjacent to an activating group) is 1. The first-order valence-corrected chi connectivity index (χ1v) is 8.66. The number of benzene rings is 2. The fourth-order valence-electron chi connectivity index (χ4n) is 3.35. The molecular formula is C21H22N2O4. The number of aromatic hydroxyl groups is 1. The summed E-state index contributed by atoms with van der Waals surface area (Å²) < 4.78 is 0. The first-order chi connectivity index (χ1) is 12.7. The molecule has 0 aromatic heterocycles. The molecule has 3 rings (SSSR count). The summed E-state index contributed by atoms with van der Waals surface area (Å²) >= 11 is 0. The van der Waals surface area contributed by atoms with E-state index in [0.717, 1.165) is 16.0 Å². The smallest absolute Gasteiger partial charge is 0.328 e. The van der Waals surface area contributed by atoms with Gasteiger partial charge in [-0.3, -0.25) is 14.5 Å². The summed E-state index contributed by atoms with van der Waals surface area (Å²) in [6.45, 7) is 4.98. The van der Waals surface area contributed by atoms with Crippen molar-refractivity contribution in [3.63, 3.8) is 0 Å². The molecule has 2 aromatic carbocycles. The third-order valence-electron chi connectivity index (χ3n) is 5.38. The zero-order valence-electron chi connectivity index (χ0n) is 15.8. The summed E-state index contributed by atoms with van der Waals surface area (Å²) in [7, 11) is 1.50. The van der Waals surface area contributed by atoms with Gasteiger partial charge in [-0.05, 0) is 44.0 Å². The minimum Gasteiger partial charge on any atom is -0.508 e. The number of nitrogens with zero attached hydrogens (tertiary/aromatic N) is 2. The van der Waals surface area contributed by atoms with Crippen molar-refractivity contribution in [1.82, 2.24) is 9.80 Å². The Bertz CT molecular complexity index is 939. The van der Waals surface area contributed by atoms with Gasteiger partial charge in [-0.1, -0.05) is 30.3 Å². The van der Waals surface area contributed by atoms with Crippen LogP contribution in [-0.2, 0) is 10.3 Å². The molecule has 1 aliphatic rings. The highest BCUT2D eigenvalue weighted by atomic mass is 16.3. The van der Waals surface area contributed by atoms with Gasteiger partial charge in [-0.15, -0.1) is 0 Å². The van der Waals surface area contributed by atoms with E-state index in [9.17, 15) is 19.5 Å². The number of carbonyl (C=O) groups excluding carboxylic acids is 3. The number of aryl methyl sites for hydroxylation is 2. The molecule has 27 heavy (non-hydrogen) atoms. The molecule has 0 radical (unpaired) electrons. The van der Waals surface area contributed by atoms with Crippen molar-refractivity contribution in [2.45, 2.75) is 26.3 Å². The first-order valence-electron chi connectivity index (χ1n) is 8.66. The predicted molar refractivity (Wildman–Crippen MR) is 101 cm³/mol. The summed E-state index contributed by atoms with van der Waals surface area (Å²) in [4.78, 5) is 40.6. The van der Waals surface area contributed by atoms with Crippen molar-refractivity contribution in [2.75, 3.05) is 13.6 Å². The number of amides is 3. The fourth-order valence-corrected chi connectivity index (χ4v) is 3.35. The molecule has 3 amide bonds. The van der Waals surface area contributed by atoms with Crippen LogP contribution in [0.4, 0.5) is 4.79 Å².